The first-order valence-corrected chi connectivity index (χ1v) is 10.9. The van der Waals surface area contributed by atoms with Crippen molar-refractivity contribution in [2.24, 2.45) is 5.92 Å². The van der Waals surface area contributed by atoms with Crippen LogP contribution in [0.1, 0.15) is 39.0 Å². The Morgan fingerprint density at radius 1 is 1.15 bits per heavy atom. The summed E-state index contributed by atoms with van der Waals surface area (Å²) in [6.07, 6.45) is 8.22. The third kappa shape index (κ3) is 3.61. The van der Waals surface area contributed by atoms with Crippen molar-refractivity contribution < 1.29 is 5.11 Å². The van der Waals surface area contributed by atoms with Gasteiger partial charge in [-0.2, -0.15) is 0 Å². The summed E-state index contributed by atoms with van der Waals surface area (Å²) in [6, 6.07) is 10.8. The number of hydrogen-bond acceptors (Lipinski definition) is 1. The quantitative estimate of drug-likeness (QED) is 0.829. The molecule has 0 radical (unpaired) electrons. The third-order valence-corrected chi connectivity index (χ3v) is 8.95. The lowest BCUT2D eigenvalue weighted by molar-refractivity contribution is 0.125. The molecule has 2 heteroatoms. The van der Waals surface area contributed by atoms with Crippen molar-refractivity contribution in [3.8, 4) is 0 Å². The lowest BCUT2D eigenvalue weighted by atomic mass is 9.85. The minimum atomic E-state index is -1.61. The topological polar surface area (TPSA) is 20.2 Å². The van der Waals surface area contributed by atoms with Crippen LogP contribution in [0.3, 0.4) is 0 Å². The molecule has 1 aromatic carbocycles. The summed E-state index contributed by atoms with van der Waals surface area (Å²) >= 11 is 0. The molecule has 0 heterocycles. The maximum Gasteiger partial charge on any atom is 0.106 e. The molecule has 1 aliphatic carbocycles. The van der Waals surface area contributed by atoms with Gasteiger partial charge in [-0.05, 0) is 25.7 Å². The number of rotatable bonds is 4. The van der Waals surface area contributed by atoms with E-state index >= 15 is 0 Å². The van der Waals surface area contributed by atoms with Gasteiger partial charge in [0, 0.05) is 0 Å². The molecule has 1 atom stereocenters. The van der Waals surface area contributed by atoms with E-state index in [9.17, 15) is 5.11 Å². The Labute approximate surface area is 124 Å². The number of aliphatic hydroxyl groups is 1. The van der Waals surface area contributed by atoms with Crippen LogP contribution in [-0.4, -0.2) is 19.3 Å². The van der Waals surface area contributed by atoms with E-state index in [0.29, 0.717) is 5.92 Å². The molecule has 1 unspecified atom stereocenters. The predicted octanol–water partition coefficient (Wildman–Crippen LogP) is 4.03. The van der Waals surface area contributed by atoms with Crippen LogP contribution in [0.25, 0.3) is 0 Å². The number of hydrogen-bond donors (Lipinski definition) is 1. The van der Waals surface area contributed by atoms with Gasteiger partial charge < -0.3 is 5.11 Å². The van der Waals surface area contributed by atoms with E-state index < -0.39 is 8.07 Å². The third-order valence-electron chi connectivity index (χ3n) is 5.03. The smallest absolute Gasteiger partial charge is 0.106 e. The summed E-state index contributed by atoms with van der Waals surface area (Å²) in [5.74, 6) is 0.485. The zero-order valence-electron chi connectivity index (χ0n) is 13.1. The molecule has 1 N–H and O–H groups in total. The fourth-order valence-corrected chi connectivity index (χ4v) is 5.23. The molecule has 2 rings (SSSR count). The highest BCUT2D eigenvalue weighted by Gasteiger charge is 2.27. The molecule has 1 fully saturated rings. The summed E-state index contributed by atoms with van der Waals surface area (Å²) in [5, 5.41) is 13.4. The van der Waals surface area contributed by atoms with Crippen molar-refractivity contribution >= 4 is 13.3 Å². The monoisotopic (exact) mass is 288 g/mol. The second-order valence-electron chi connectivity index (χ2n) is 6.73. The largest absolute Gasteiger partial charge is 0.389 e. The van der Waals surface area contributed by atoms with E-state index in [1.54, 1.807) is 0 Å². The normalized spacial score (nSPS) is 19.9. The van der Waals surface area contributed by atoms with Crippen LogP contribution in [0.15, 0.2) is 41.6 Å². The van der Waals surface area contributed by atoms with Crippen molar-refractivity contribution in [2.45, 2.75) is 58.2 Å². The highest BCUT2D eigenvalue weighted by Crippen LogP contribution is 2.28. The average molecular weight is 289 g/mol. The molecule has 1 nitrogen and oxygen atoms in total. The van der Waals surface area contributed by atoms with Crippen LogP contribution in [0.5, 0.6) is 0 Å². The van der Waals surface area contributed by atoms with Crippen molar-refractivity contribution in [2.75, 3.05) is 0 Å². The Bertz CT molecular complexity index is 444. The molecule has 110 valence electrons. The maximum absolute atomic E-state index is 10.5. The molecule has 20 heavy (non-hydrogen) atoms. The molecular weight excluding hydrogens is 260 g/mol. The summed E-state index contributed by atoms with van der Waals surface area (Å²) in [6.45, 7) is 6.97. The summed E-state index contributed by atoms with van der Waals surface area (Å²) < 4.78 is 0. The number of allylic oxidation sites excluding steroid dienone is 1. The second-order valence-corrected chi connectivity index (χ2v) is 11.3. The lowest BCUT2D eigenvalue weighted by Gasteiger charge is -2.28. The van der Waals surface area contributed by atoms with Gasteiger partial charge in [0.2, 0.25) is 0 Å². The van der Waals surface area contributed by atoms with Crippen molar-refractivity contribution in [3.05, 3.63) is 41.6 Å². The van der Waals surface area contributed by atoms with Gasteiger partial charge in [0.25, 0.3) is 0 Å². The number of benzene rings is 1. The van der Waals surface area contributed by atoms with Crippen LogP contribution >= 0.6 is 0 Å². The van der Waals surface area contributed by atoms with Gasteiger partial charge in [0.15, 0.2) is 0 Å². The molecular formula is C18H28OSi. The minimum absolute atomic E-state index is 0.245. The molecule has 1 aliphatic rings. The van der Waals surface area contributed by atoms with Crippen LogP contribution in [0.4, 0.5) is 0 Å². The van der Waals surface area contributed by atoms with Crippen LogP contribution in [0, 0.1) is 5.92 Å². The van der Waals surface area contributed by atoms with Crippen LogP contribution in [0.2, 0.25) is 13.1 Å². The molecule has 1 aromatic rings. The molecule has 0 bridgehead atoms. The Kier molecular flexibility index (Phi) is 5.22. The standard InChI is InChI=1S/C18H28OSi/c1-15(14-18(19)16-10-6-4-7-11-16)20(2,3)17-12-8-5-9-13-17/h5,8-9,12-14,16,18-19H,4,6-7,10-11H2,1-3H3/b15-14-. The van der Waals surface area contributed by atoms with Gasteiger partial charge in [-0.15, -0.1) is 0 Å². The number of aliphatic hydroxyl groups excluding tert-OH is 1. The molecule has 0 saturated heterocycles. The van der Waals surface area contributed by atoms with Crippen LogP contribution in [-0.2, 0) is 0 Å². The van der Waals surface area contributed by atoms with Gasteiger partial charge in [-0.1, -0.05) is 79.1 Å². The van der Waals surface area contributed by atoms with Crippen molar-refractivity contribution in [1.29, 1.82) is 0 Å². The van der Waals surface area contributed by atoms with E-state index in [2.05, 4.69) is 56.4 Å². The van der Waals surface area contributed by atoms with Gasteiger partial charge >= 0.3 is 0 Å². The fourth-order valence-electron chi connectivity index (χ4n) is 3.16. The fraction of sp³-hybridized carbons (Fsp3) is 0.556. The average Bonchev–Trinajstić information content (AvgIpc) is 2.49. The first kappa shape index (κ1) is 15.5. The van der Waals surface area contributed by atoms with Crippen molar-refractivity contribution in [3.63, 3.8) is 0 Å². The lowest BCUT2D eigenvalue weighted by Crippen LogP contribution is -2.43. The zero-order chi connectivity index (χ0) is 14.6. The van der Waals surface area contributed by atoms with Gasteiger partial charge in [-0.3, -0.25) is 0 Å². The van der Waals surface area contributed by atoms with E-state index in [4.69, 9.17) is 0 Å². The molecule has 0 aliphatic heterocycles. The van der Waals surface area contributed by atoms with Gasteiger partial charge in [0.1, 0.15) is 8.07 Å². The van der Waals surface area contributed by atoms with Crippen LogP contribution < -0.4 is 5.19 Å². The molecule has 0 aromatic heterocycles. The van der Waals surface area contributed by atoms with E-state index in [0.717, 1.165) is 0 Å². The summed E-state index contributed by atoms with van der Waals surface area (Å²) in [5.41, 5.74) is 0. The highest BCUT2D eigenvalue weighted by atomic mass is 28.3. The van der Waals surface area contributed by atoms with E-state index in [1.807, 2.05) is 0 Å². The SMILES string of the molecule is C/C(=C/C(O)C1CCCCC1)[Si](C)(C)c1ccccc1. The Balaban J connectivity index is 2.12. The minimum Gasteiger partial charge on any atom is -0.389 e. The maximum atomic E-state index is 10.5. The van der Waals surface area contributed by atoms with E-state index in [1.165, 1.54) is 42.5 Å². The first-order chi connectivity index (χ1) is 9.51. The summed E-state index contributed by atoms with van der Waals surface area (Å²) in [7, 11) is -1.61. The molecule has 0 amide bonds. The zero-order valence-corrected chi connectivity index (χ0v) is 14.1. The Morgan fingerprint density at radius 2 is 1.75 bits per heavy atom. The first-order valence-electron chi connectivity index (χ1n) is 7.94. The Morgan fingerprint density at radius 3 is 2.35 bits per heavy atom. The van der Waals surface area contributed by atoms with E-state index in [-0.39, 0.29) is 6.10 Å². The predicted molar refractivity (Wildman–Crippen MR) is 89.9 cm³/mol. The molecule has 0 spiro atoms. The van der Waals surface area contributed by atoms with Gasteiger partial charge in [-0.25, -0.2) is 0 Å². The molecule has 1 saturated carbocycles. The Hall–Kier alpha value is -0.863. The van der Waals surface area contributed by atoms with Crippen molar-refractivity contribution in [1.82, 2.24) is 0 Å². The highest BCUT2D eigenvalue weighted by molar-refractivity contribution is 6.95. The second kappa shape index (κ2) is 6.73. The summed E-state index contributed by atoms with van der Waals surface area (Å²) in [4.78, 5) is 0. The van der Waals surface area contributed by atoms with Gasteiger partial charge in [0.05, 0.1) is 6.10 Å².